The molecule has 3 N–H and O–H groups in total. The summed E-state index contributed by atoms with van der Waals surface area (Å²) in [7, 11) is 0. The minimum absolute atomic E-state index is 0.222. The number of H-pyrrole nitrogens is 1. The second-order valence-corrected chi connectivity index (χ2v) is 4.29. The van der Waals surface area contributed by atoms with Gasteiger partial charge < -0.3 is 5.32 Å². The molecule has 1 heterocycles. The highest BCUT2D eigenvalue weighted by molar-refractivity contribution is 6.42. The van der Waals surface area contributed by atoms with E-state index in [4.69, 9.17) is 28.5 Å². The maximum Gasteiger partial charge on any atom is 0.324 e. The molecule has 0 atom stereocenters. The van der Waals surface area contributed by atoms with Gasteiger partial charge in [-0.1, -0.05) is 23.2 Å². The number of aromatic amines is 1. The molecule has 0 aliphatic rings. The number of urea groups is 1. The van der Waals surface area contributed by atoms with Gasteiger partial charge in [0.05, 0.1) is 16.2 Å². The van der Waals surface area contributed by atoms with Crippen molar-refractivity contribution in [3.05, 3.63) is 40.0 Å². The van der Waals surface area contributed by atoms with Gasteiger partial charge in [0.2, 0.25) is 0 Å². The first kappa shape index (κ1) is 13.2. The van der Waals surface area contributed by atoms with Crippen LogP contribution in [0.15, 0.2) is 24.4 Å². The zero-order chi connectivity index (χ0) is 13.8. The molecule has 2 aromatic rings. The number of halogens is 2. The number of amides is 2. The van der Waals surface area contributed by atoms with Gasteiger partial charge in [0.1, 0.15) is 17.5 Å². The summed E-state index contributed by atoms with van der Waals surface area (Å²) >= 11 is 11.6. The van der Waals surface area contributed by atoms with Gasteiger partial charge in [-0.3, -0.25) is 10.4 Å². The molecule has 0 aliphatic heterocycles. The van der Waals surface area contributed by atoms with Crippen molar-refractivity contribution in [2.75, 3.05) is 10.6 Å². The van der Waals surface area contributed by atoms with Crippen molar-refractivity contribution in [1.82, 2.24) is 10.2 Å². The number of rotatable bonds is 2. The molecule has 0 aliphatic carbocycles. The number of carbonyl (C=O) groups excluding carboxylic acids is 1. The normalized spacial score (nSPS) is 9.74. The van der Waals surface area contributed by atoms with Crippen LogP contribution in [0.3, 0.4) is 0 Å². The standard InChI is InChI=1S/C11H7Cl2N5O/c12-8-2-1-7(3-9(8)13)16-11(19)17-10-6(4-14)5-15-18-10/h1-3,5H,(H3,15,16,17,18,19). The Morgan fingerprint density at radius 2 is 2.11 bits per heavy atom. The van der Waals surface area contributed by atoms with Crippen LogP contribution < -0.4 is 10.6 Å². The van der Waals surface area contributed by atoms with E-state index < -0.39 is 6.03 Å². The number of anilines is 2. The first-order chi connectivity index (χ1) is 9.10. The summed E-state index contributed by atoms with van der Waals surface area (Å²) in [6.45, 7) is 0. The fourth-order valence-electron chi connectivity index (χ4n) is 1.32. The molecule has 0 fully saturated rings. The van der Waals surface area contributed by atoms with E-state index in [9.17, 15) is 4.79 Å². The number of nitrogens with zero attached hydrogens (tertiary/aromatic N) is 2. The lowest BCUT2D eigenvalue weighted by atomic mass is 10.3. The molecule has 0 spiro atoms. The summed E-state index contributed by atoms with van der Waals surface area (Å²) in [5.74, 6) is 0.222. The SMILES string of the molecule is N#Cc1cn[nH]c1NC(=O)Nc1ccc(Cl)c(Cl)c1. The first-order valence-corrected chi connectivity index (χ1v) is 5.82. The maximum atomic E-state index is 11.7. The second kappa shape index (κ2) is 5.61. The Labute approximate surface area is 118 Å². The van der Waals surface area contributed by atoms with Crippen LogP contribution in [0.25, 0.3) is 0 Å². The number of nitrogens with one attached hydrogen (secondary N) is 3. The fourth-order valence-corrected chi connectivity index (χ4v) is 1.61. The van der Waals surface area contributed by atoms with Crippen LogP contribution in [0.4, 0.5) is 16.3 Å². The third-order valence-electron chi connectivity index (χ3n) is 2.18. The van der Waals surface area contributed by atoms with Crippen molar-refractivity contribution in [2.45, 2.75) is 0 Å². The number of nitriles is 1. The monoisotopic (exact) mass is 295 g/mol. The Hall–Kier alpha value is -2.23. The Morgan fingerprint density at radius 3 is 2.79 bits per heavy atom. The quantitative estimate of drug-likeness (QED) is 0.794. The molecule has 1 aromatic carbocycles. The molecule has 0 saturated carbocycles. The smallest absolute Gasteiger partial charge is 0.308 e. The zero-order valence-electron chi connectivity index (χ0n) is 9.37. The average molecular weight is 296 g/mol. The molecule has 19 heavy (non-hydrogen) atoms. The van der Waals surface area contributed by atoms with Crippen LogP contribution >= 0.6 is 23.2 Å². The van der Waals surface area contributed by atoms with E-state index in [2.05, 4.69) is 20.8 Å². The summed E-state index contributed by atoms with van der Waals surface area (Å²) in [6.07, 6.45) is 1.31. The Morgan fingerprint density at radius 1 is 1.32 bits per heavy atom. The van der Waals surface area contributed by atoms with Crippen molar-refractivity contribution in [3.63, 3.8) is 0 Å². The van der Waals surface area contributed by atoms with Gasteiger partial charge in [-0.25, -0.2) is 4.79 Å². The highest BCUT2D eigenvalue weighted by Gasteiger charge is 2.09. The number of hydrogen-bond donors (Lipinski definition) is 3. The van der Waals surface area contributed by atoms with Crippen LogP contribution in [-0.4, -0.2) is 16.2 Å². The molecule has 8 heteroatoms. The summed E-state index contributed by atoms with van der Waals surface area (Å²) in [5, 5.41) is 20.7. The second-order valence-electron chi connectivity index (χ2n) is 3.48. The molecule has 1 aromatic heterocycles. The molecule has 0 radical (unpaired) electrons. The van der Waals surface area contributed by atoms with Gasteiger partial charge in [-0.15, -0.1) is 0 Å². The van der Waals surface area contributed by atoms with Crippen LogP contribution in [-0.2, 0) is 0 Å². The molecular formula is C11H7Cl2N5O. The molecule has 0 bridgehead atoms. The van der Waals surface area contributed by atoms with Gasteiger partial charge in [0.25, 0.3) is 0 Å². The lowest BCUT2D eigenvalue weighted by Crippen LogP contribution is -2.20. The van der Waals surface area contributed by atoms with Gasteiger partial charge in [0.15, 0.2) is 0 Å². The van der Waals surface area contributed by atoms with E-state index in [1.807, 2.05) is 6.07 Å². The Bertz CT molecular complexity index is 661. The minimum Gasteiger partial charge on any atom is -0.308 e. The predicted octanol–water partition coefficient (Wildman–Crippen LogP) is 3.23. The molecule has 0 saturated heterocycles. The maximum absolute atomic E-state index is 11.7. The highest BCUT2D eigenvalue weighted by Crippen LogP contribution is 2.25. The van der Waals surface area contributed by atoms with Gasteiger partial charge >= 0.3 is 6.03 Å². The minimum atomic E-state index is -0.529. The van der Waals surface area contributed by atoms with Crippen LogP contribution in [0.2, 0.25) is 10.0 Å². The van der Waals surface area contributed by atoms with Gasteiger partial charge in [-0.05, 0) is 18.2 Å². The predicted molar refractivity (Wildman–Crippen MR) is 72.4 cm³/mol. The Kier molecular flexibility index (Phi) is 3.90. The average Bonchev–Trinajstić information content (AvgIpc) is 2.81. The molecule has 96 valence electrons. The summed E-state index contributed by atoms with van der Waals surface area (Å²) in [6, 6.07) is 6.04. The lowest BCUT2D eigenvalue weighted by molar-refractivity contribution is 0.262. The number of aromatic nitrogens is 2. The van der Waals surface area contributed by atoms with E-state index in [1.54, 1.807) is 12.1 Å². The number of benzene rings is 1. The van der Waals surface area contributed by atoms with Crippen LogP contribution in [0.1, 0.15) is 5.56 Å². The van der Waals surface area contributed by atoms with Gasteiger partial charge in [-0.2, -0.15) is 10.4 Å². The van der Waals surface area contributed by atoms with E-state index in [0.717, 1.165) is 0 Å². The van der Waals surface area contributed by atoms with Crippen molar-refractivity contribution < 1.29 is 4.79 Å². The number of hydrogen-bond acceptors (Lipinski definition) is 3. The van der Waals surface area contributed by atoms with Crippen molar-refractivity contribution in [2.24, 2.45) is 0 Å². The summed E-state index contributed by atoms with van der Waals surface area (Å²) in [5.41, 5.74) is 0.717. The van der Waals surface area contributed by atoms with Crippen LogP contribution in [0.5, 0.6) is 0 Å². The first-order valence-electron chi connectivity index (χ1n) is 5.06. The van der Waals surface area contributed by atoms with Crippen molar-refractivity contribution in [3.8, 4) is 6.07 Å². The Balaban J connectivity index is 2.06. The highest BCUT2D eigenvalue weighted by atomic mass is 35.5. The third kappa shape index (κ3) is 3.16. The number of carbonyl (C=O) groups is 1. The summed E-state index contributed by atoms with van der Waals surface area (Å²) < 4.78 is 0. The zero-order valence-corrected chi connectivity index (χ0v) is 10.9. The van der Waals surface area contributed by atoms with Gasteiger partial charge in [0, 0.05) is 5.69 Å². The fraction of sp³-hybridized carbons (Fsp3) is 0. The molecule has 0 unspecified atom stereocenters. The molecule has 2 rings (SSSR count). The molecular weight excluding hydrogens is 289 g/mol. The molecule has 2 amide bonds. The van der Waals surface area contributed by atoms with E-state index >= 15 is 0 Å². The third-order valence-corrected chi connectivity index (χ3v) is 2.91. The van der Waals surface area contributed by atoms with E-state index in [1.165, 1.54) is 12.3 Å². The van der Waals surface area contributed by atoms with Crippen molar-refractivity contribution >= 4 is 40.7 Å². The summed E-state index contributed by atoms with van der Waals surface area (Å²) in [4.78, 5) is 11.7. The van der Waals surface area contributed by atoms with Crippen molar-refractivity contribution in [1.29, 1.82) is 5.26 Å². The molecule has 6 nitrogen and oxygen atoms in total. The van der Waals surface area contributed by atoms with E-state index in [-0.39, 0.29) is 11.4 Å². The lowest BCUT2D eigenvalue weighted by Gasteiger charge is -2.07. The largest absolute Gasteiger partial charge is 0.324 e. The topological polar surface area (TPSA) is 93.6 Å². The van der Waals surface area contributed by atoms with Crippen LogP contribution in [0, 0.1) is 11.3 Å². The van der Waals surface area contributed by atoms with E-state index in [0.29, 0.717) is 15.7 Å².